The molecule has 0 aromatic rings. The van der Waals surface area contributed by atoms with Crippen LogP contribution in [0.15, 0.2) is 0 Å². The third kappa shape index (κ3) is 8.57. The molecule has 0 heterocycles. The smallest absolute Gasteiger partial charge is 0.320 e. The molecule has 5 heteroatoms. The maximum Gasteiger partial charge on any atom is 0.320 e. The topological polar surface area (TPSA) is 32.8 Å². The van der Waals surface area contributed by atoms with Gasteiger partial charge in [0.05, 0.1) is 7.11 Å². The van der Waals surface area contributed by atoms with Crippen LogP contribution in [-0.4, -0.2) is 68.0 Å². The van der Waals surface area contributed by atoms with Gasteiger partial charge in [0.1, 0.15) is 4.83 Å². The normalized spacial score (nSPS) is 13.5. The largest absolute Gasteiger partial charge is 0.468 e. The number of esters is 1. The Hall–Kier alpha value is -0.130. The van der Waals surface area contributed by atoms with E-state index in [4.69, 9.17) is 4.74 Å². The van der Waals surface area contributed by atoms with E-state index in [0.717, 1.165) is 19.6 Å². The third-order valence-corrected chi connectivity index (χ3v) is 3.03. The molecule has 0 aromatic carbocycles. The molecule has 0 saturated heterocycles. The number of carbonyl (C=O) groups excluding carboxylic acids is 1. The lowest BCUT2D eigenvalue weighted by Crippen LogP contribution is -2.40. The highest BCUT2D eigenvalue weighted by Gasteiger charge is 2.19. The van der Waals surface area contributed by atoms with Crippen LogP contribution in [0, 0.1) is 5.92 Å². The number of likely N-dealkylation sites (N-methyl/N-ethyl adjacent to an activating group) is 1. The van der Waals surface area contributed by atoms with Crippen molar-refractivity contribution in [2.75, 3.05) is 47.4 Å². The van der Waals surface area contributed by atoms with E-state index in [1.165, 1.54) is 7.11 Å². The molecule has 0 spiro atoms. The van der Waals surface area contributed by atoms with Crippen molar-refractivity contribution in [2.45, 2.75) is 18.7 Å². The highest BCUT2D eigenvalue weighted by Crippen LogP contribution is 2.07. The summed E-state index contributed by atoms with van der Waals surface area (Å²) in [4.78, 5) is 15.6. The Kier molecular flexibility index (Phi) is 8.82. The molecule has 0 fully saturated rings. The maximum absolute atomic E-state index is 11.4. The molecule has 0 amide bonds. The summed E-state index contributed by atoms with van der Waals surface area (Å²) >= 11 is 3.37. The van der Waals surface area contributed by atoms with Crippen LogP contribution in [0.2, 0.25) is 0 Å². The van der Waals surface area contributed by atoms with Crippen molar-refractivity contribution in [1.29, 1.82) is 0 Å². The zero-order valence-electron chi connectivity index (χ0n) is 11.6. The van der Waals surface area contributed by atoms with Crippen molar-refractivity contribution in [2.24, 2.45) is 5.92 Å². The SMILES string of the molecule is COC(=O)C(Br)CN(CCN(C)C)CC(C)C. The zero-order valence-corrected chi connectivity index (χ0v) is 13.2. The summed E-state index contributed by atoms with van der Waals surface area (Å²) in [6.07, 6.45) is 0. The molecule has 0 N–H and O–H groups in total. The van der Waals surface area contributed by atoms with Crippen LogP contribution in [0.5, 0.6) is 0 Å². The van der Waals surface area contributed by atoms with E-state index in [0.29, 0.717) is 12.5 Å². The molecule has 17 heavy (non-hydrogen) atoms. The fraction of sp³-hybridized carbons (Fsp3) is 0.917. The monoisotopic (exact) mass is 308 g/mol. The first-order valence-electron chi connectivity index (χ1n) is 5.95. The van der Waals surface area contributed by atoms with Gasteiger partial charge < -0.3 is 14.5 Å². The summed E-state index contributed by atoms with van der Waals surface area (Å²) in [5.41, 5.74) is 0. The highest BCUT2D eigenvalue weighted by molar-refractivity contribution is 9.10. The van der Waals surface area contributed by atoms with E-state index < -0.39 is 0 Å². The minimum absolute atomic E-state index is 0.205. The molecule has 0 aromatic heterocycles. The number of ether oxygens (including phenoxy) is 1. The molecule has 0 rings (SSSR count). The van der Waals surface area contributed by atoms with Gasteiger partial charge >= 0.3 is 5.97 Å². The molecule has 1 atom stereocenters. The number of nitrogens with zero attached hydrogens (tertiary/aromatic N) is 2. The van der Waals surface area contributed by atoms with Gasteiger partial charge in [0.2, 0.25) is 0 Å². The molecule has 4 nitrogen and oxygen atoms in total. The minimum Gasteiger partial charge on any atom is -0.468 e. The van der Waals surface area contributed by atoms with E-state index in [2.05, 4.69) is 53.7 Å². The molecular formula is C12H25BrN2O2. The zero-order chi connectivity index (χ0) is 13.4. The van der Waals surface area contributed by atoms with Gasteiger partial charge in [0.15, 0.2) is 0 Å². The Morgan fingerprint density at radius 1 is 1.24 bits per heavy atom. The number of hydrogen-bond donors (Lipinski definition) is 0. The second-order valence-electron chi connectivity index (χ2n) is 4.95. The van der Waals surface area contributed by atoms with Crippen LogP contribution >= 0.6 is 15.9 Å². The lowest BCUT2D eigenvalue weighted by atomic mass is 10.2. The molecule has 0 aliphatic rings. The Morgan fingerprint density at radius 2 is 1.82 bits per heavy atom. The standard InChI is InChI=1S/C12H25BrN2O2/c1-10(2)8-15(7-6-14(3)4)9-11(13)12(16)17-5/h10-11H,6-9H2,1-5H3. The number of alkyl halides is 1. The molecule has 0 aliphatic carbocycles. The molecule has 102 valence electrons. The van der Waals surface area contributed by atoms with Crippen molar-refractivity contribution in [3.05, 3.63) is 0 Å². The predicted octanol–water partition coefficient (Wildman–Crippen LogP) is 1.44. The van der Waals surface area contributed by atoms with Crippen LogP contribution in [0.1, 0.15) is 13.8 Å². The van der Waals surface area contributed by atoms with Crippen LogP contribution in [0.3, 0.4) is 0 Å². The molecule has 0 radical (unpaired) electrons. The first-order valence-corrected chi connectivity index (χ1v) is 6.87. The Labute approximate surface area is 113 Å². The van der Waals surface area contributed by atoms with Crippen LogP contribution in [0.4, 0.5) is 0 Å². The fourth-order valence-corrected chi connectivity index (χ4v) is 2.14. The Bertz CT molecular complexity index is 223. The lowest BCUT2D eigenvalue weighted by Gasteiger charge is -2.27. The van der Waals surface area contributed by atoms with E-state index in [1.807, 2.05) is 0 Å². The molecular weight excluding hydrogens is 284 g/mol. The number of halogens is 1. The van der Waals surface area contributed by atoms with Gasteiger partial charge in [-0.15, -0.1) is 0 Å². The van der Waals surface area contributed by atoms with Crippen LogP contribution in [-0.2, 0) is 9.53 Å². The average molecular weight is 309 g/mol. The van der Waals surface area contributed by atoms with Gasteiger partial charge in [-0.25, -0.2) is 0 Å². The Morgan fingerprint density at radius 3 is 2.24 bits per heavy atom. The highest BCUT2D eigenvalue weighted by atomic mass is 79.9. The van der Waals surface area contributed by atoms with Crippen LogP contribution in [0.25, 0.3) is 0 Å². The van der Waals surface area contributed by atoms with Gasteiger partial charge in [-0.05, 0) is 20.0 Å². The van der Waals surface area contributed by atoms with Crippen molar-refractivity contribution < 1.29 is 9.53 Å². The lowest BCUT2D eigenvalue weighted by molar-refractivity contribution is -0.140. The van der Waals surface area contributed by atoms with E-state index in [1.54, 1.807) is 0 Å². The molecule has 0 bridgehead atoms. The number of rotatable bonds is 8. The van der Waals surface area contributed by atoms with Gasteiger partial charge in [-0.1, -0.05) is 29.8 Å². The quantitative estimate of drug-likeness (QED) is 0.502. The first-order chi connectivity index (χ1) is 7.86. The number of hydrogen-bond acceptors (Lipinski definition) is 4. The van der Waals surface area contributed by atoms with Gasteiger partial charge in [0.25, 0.3) is 0 Å². The van der Waals surface area contributed by atoms with Crippen molar-refractivity contribution in [1.82, 2.24) is 9.80 Å². The van der Waals surface area contributed by atoms with Crippen molar-refractivity contribution in [3.63, 3.8) is 0 Å². The van der Waals surface area contributed by atoms with E-state index in [9.17, 15) is 4.79 Å². The number of carbonyl (C=O) groups is 1. The second-order valence-corrected chi connectivity index (χ2v) is 6.05. The summed E-state index contributed by atoms with van der Waals surface area (Å²) in [5.74, 6) is 0.387. The Balaban J connectivity index is 4.21. The summed E-state index contributed by atoms with van der Waals surface area (Å²) < 4.78 is 4.72. The molecule has 1 unspecified atom stereocenters. The van der Waals surface area contributed by atoms with Gasteiger partial charge in [0, 0.05) is 26.2 Å². The summed E-state index contributed by atoms with van der Waals surface area (Å²) in [5, 5.41) is 0. The predicted molar refractivity (Wildman–Crippen MR) is 74.6 cm³/mol. The van der Waals surface area contributed by atoms with Gasteiger partial charge in [-0.3, -0.25) is 4.79 Å². The molecule has 0 aliphatic heterocycles. The average Bonchev–Trinajstić information content (AvgIpc) is 2.23. The third-order valence-electron chi connectivity index (χ3n) is 2.36. The maximum atomic E-state index is 11.4. The van der Waals surface area contributed by atoms with E-state index in [-0.39, 0.29) is 10.8 Å². The van der Waals surface area contributed by atoms with E-state index >= 15 is 0 Å². The second kappa shape index (κ2) is 8.89. The molecule has 0 saturated carbocycles. The summed E-state index contributed by atoms with van der Waals surface area (Å²) in [6.45, 7) is 8.01. The van der Waals surface area contributed by atoms with Gasteiger partial charge in [-0.2, -0.15) is 0 Å². The first kappa shape index (κ1) is 16.9. The van der Waals surface area contributed by atoms with Crippen molar-refractivity contribution in [3.8, 4) is 0 Å². The van der Waals surface area contributed by atoms with Crippen LogP contribution < -0.4 is 0 Å². The summed E-state index contributed by atoms with van der Waals surface area (Å²) in [6, 6.07) is 0. The summed E-state index contributed by atoms with van der Waals surface area (Å²) in [7, 11) is 5.53. The number of methoxy groups -OCH3 is 1. The van der Waals surface area contributed by atoms with Crippen molar-refractivity contribution >= 4 is 21.9 Å². The fourth-order valence-electron chi connectivity index (χ4n) is 1.54. The minimum atomic E-state index is -0.242.